The number of carbonyl (C=O) groups excluding carboxylic acids is 1. The van der Waals surface area contributed by atoms with Crippen molar-refractivity contribution < 1.29 is 13.6 Å². The third kappa shape index (κ3) is 5.20. The van der Waals surface area contributed by atoms with Crippen LogP contribution in [0.25, 0.3) is 0 Å². The topological polar surface area (TPSA) is 38.8 Å². The second-order valence-electron chi connectivity index (χ2n) is 3.99. The van der Waals surface area contributed by atoms with Crippen LogP contribution >= 0.6 is 0 Å². The molecule has 0 fully saturated rings. The van der Waals surface area contributed by atoms with Crippen LogP contribution in [-0.4, -0.2) is 49.7 Å². The molecule has 1 aromatic rings. The summed E-state index contributed by atoms with van der Waals surface area (Å²) in [5.41, 5.74) is 0.651. The maximum atomic E-state index is 12.3. The van der Waals surface area contributed by atoms with Gasteiger partial charge in [0, 0.05) is 25.8 Å². The molecule has 0 radical (unpaired) electrons. The number of rotatable bonds is 6. The quantitative estimate of drug-likeness (QED) is 0.752. The van der Waals surface area contributed by atoms with Crippen molar-refractivity contribution in [1.82, 2.24) is 4.57 Å². The predicted octanol–water partition coefficient (Wildman–Crippen LogP) is 1.80. The number of amides is 1. The van der Waals surface area contributed by atoms with E-state index in [4.69, 9.17) is 8.85 Å². The molecule has 0 spiro atoms. The van der Waals surface area contributed by atoms with Gasteiger partial charge in [-0.1, -0.05) is 24.7 Å². The van der Waals surface area contributed by atoms with Gasteiger partial charge in [-0.15, -0.1) is 0 Å². The molecule has 0 saturated heterocycles. The lowest BCUT2D eigenvalue weighted by molar-refractivity contribution is 0.0753. The highest BCUT2D eigenvalue weighted by Gasteiger charge is 2.40. The highest BCUT2D eigenvalue weighted by Crippen LogP contribution is 2.15. The van der Waals surface area contributed by atoms with Crippen LogP contribution in [0.15, 0.2) is 30.3 Å². The van der Waals surface area contributed by atoms with E-state index in [9.17, 15) is 4.79 Å². The summed E-state index contributed by atoms with van der Waals surface area (Å²) in [4.78, 5) is 12.3. The number of carbonyl (C=O) groups is 1. The molecule has 0 heterocycles. The maximum Gasteiger partial charge on any atom is 0.458 e. The van der Waals surface area contributed by atoms with Crippen LogP contribution in [0.3, 0.4) is 0 Å². The predicted molar refractivity (Wildman–Crippen MR) is 89.2 cm³/mol. The molecule has 0 aliphatic carbocycles. The minimum atomic E-state index is -2.61. The fourth-order valence-corrected chi connectivity index (χ4v) is 3.77. The third-order valence-corrected chi connectivity index (χ3v) is 5.83. The van der Waals surface area contributed by atoms with E-state index in [1.807, 2.05) is 38.6 Å². The lowest BCUT2D eigenvalue weighted by atomic mass is 10.2. The molecule has 4 nitrogen and oxygen atoms in total. The molecule has 0 bridgehead atoms. The molecule has 0 N–H and O–H groups in total. The minimum Gasteiger partial charge on any atom is -0.379 e. The summed E-state index contributed by atoms with van der Waals surface area (Å²) in [6.07, 6.45) is 0. The van der Waals surface area contributed by atoms with Crippen molar-refractivity contribution >= 4 is 24.9 Å². The third-order valence-electron chi connectivity index (χ3n) is 2.76. The molecule has 0 aliphatic heterocycles. The molecular weight excluding hydrogens is 286 g/mol. The standard InChI is InChI=1S/C13H21NO3Si.CH6Si/c1-5-16-18(4,17-6-2)14(3)13(15)12-10-8-7-9-11-12;1-2/h7-11H,5-6H2,1-4H3;1-2H3. The van der Waals surface area contributed by atoms with Gasteiger partial charge in [-0.3, -0.25) is 4.79 Å². The fourth-order valence-electron chi connectivity index (χ4n) is 1.73. The Labute approximate surface area is 126 Å². The number of benzene rings is 1. The first-order valence-electron chi connectivity index (χ1n) is 7.16. The first-order chi connectivity index (χ1) is 9.55. The largest absolute Gasteiger partial charge is 0.458 e. The van der Waals surface area contributed by atoms with E-state index in [1.165, 1.54) is 10.2 Å². The zero-order valence-corrected chi connectivity index (χ0v) is 16.5. The Balaban J connectivity index is 0.00000172. The van der Waals surface area contributed by atoms with Gasteiger partial charge in [0.1, 0.15) is 0 Å². The van der Waals surface area contributed by atoms with Crippen LogP contribution in [0.1, 0.15) is 24.2 Å². The van der Waals surface area contributed by atoms with Crippen LogP contribution in [0.4, 0.5) is 0 Å². The Bertz CT molecular complexity index is 381. The summed E-state index contributed by atoms with van der Waals surface area (Å²) in [7, 11) is 0.434. The molecule has 114 valence electrons. The van der Waals surface area contributed by atoms with Crippen molar-refractivity contribution in [3.05, 3.63) is 35.9 Å². The molecule has 20 heavy (non-hydrogen) atoms. The monoisotopic (exact) mass is 313 g/mol. The van der Waals surface area contributed by atoms with Crippen molar-refractivity contribution in [2.24, 2.45) is 0 Å². The molecule has 0 aliphatic rings. The molecule has 0 saturated carbocycles. The van der Waals surface area contributed by atoms with Crippen LogP contribution in [0.5, 0.6) is 0 Å². The van der Waals surface area contributed by atoms with Gasteiger partial charge in [-0.2, -0.15) is 0 Å². The molecule has 1 rings (SSSR count). The summed E-state index contributed by atoms with van der Waals surface area (Å²) >= 11 is 0. The molecule has 0 aromatic heterocycles. The molecule has 1 aromatic carbocycles. The summed E-state index contributed by atoms with van der Waals surface area (Å²) in [6.45, 7) is 8.92. The SMILES string of the molecule is CCO[Si](C)(OCC)N(C)C(=O)c1ccccc1.C[SiH3]. The van der Waals surface area contributed by atoms with E-state index < -0.39 is 8.72 Å². The normalized spacial score (nSPS) is 10.7. The smallest absolute Gasteiger partial charge is 0.379 e. The van der Waals surface area contributed by atoms with E-state index in [2.05, 4.69) is 6.55 Å². The van der Waals surface area contributed by atoms with E-state index in [0.717, 1.165) is 0 Å². The van der Waals surface area contributed by atoms with Gasteiger partial charge in [-0.05, 0) is 42.8 Å². The average molecular weight is 314 g/mol. The summed E-state index contributed by atoms with van der Waals surface area (Å²) in [5.74, 6) is -0.0633. The zero-order valence-electron chi connectivity index (χ0n) is 13.5. The summed E-state index contributed by atoms with van der Waals surface area (Å²) < 4.78 is 13.0. The number of hydrogen-bond acceptors (Lipinski definition) is 3. The van der Waals surface area contributed by atoms with Crippen molar-refractivity contribution in [2.75, 3.05) is 20.3 Å². The fraction of sp³-hybridized carbons (Fsp3) is 0.500. The first-order valence-corrected chi connectivity index (χ1v) is 11.4. The molecule has 0 unspecified atom stereocenters. The van der Waals surface area contributed by atoms with Crippen molar-refractivity contribution in [3.63, 3.8) is 0 Å². The zero-order chi connectivity index (χ0) is 15.6. The number of nitrogens with zero attached hydrogens (tertiary/aromatic N) is 1. The Morgan fingerprint density at radius 2 is 1.60 bits per heavy atom. The van der Waals surface area contributed by atoms with E-state index in [1.54, 1.807) is 23.7 Å². The average Bonchev–Trinajstić information content (AvgIpc) is 2.49. The van der Waals surface area contributed by atoms with E-state index in [0.29, 0.717) is 18.8 Å². The van der Waals surface area contributed by atoms with Gasteiger partial charge in [0.15, 0.2) is 0 Å². The molecule has 6 heteroatoms. The Morgan fingerprint density at radius 3 is 2.00 bits per heavy atom. The van der Waals surface area contributed by atoms with Gasteiger partial charge in [-0.25, -0.2) is 0 Å². The van der Waals surface area contributed by atoms with Crippen molar-refractivity contribution in [1.29, 1.82) is 0 Å². The Hall–Kier alpha value is -0.956. The highest BCUT2D eigenvalue weighted by molar-refractivity contribution is 6.66. The van der Waals surface area contributed by atoms with Crippen LogP contribution < -0.4 is 0 Å². The van der Waals surface area contributed by atoms with Gasteiger partial charge in [0.25, 0.3) is 0 Å². The van der Waals surface area contributed by atoms with Gasteiger partial charge in [0.2, 0.25) is 5.91 Å². The van der Waals surface area contributed by atoms with Gasteiger partial charge in [0.05, 0.1) is 0 Å². The van der Waals surface area contributed by atoms with Gasteiger partial charge >= 0.3 is 8.72 Å². The maximum absolute atomic E-state index is 12.3. The highest BCUT2D eigenvalue weighted by atomic mass is 28.4. The summed E-state index contributed by atoms with van der Waals surface area (Å²) in [5, 5.41) is 0. The lowest BCUT2D eigenvalue weighted by Gasteiger charge is -2.34. The molecule has 1 amide bonds. The second kappa shape index (κ2) is 9.87. The number of hydrogen-bond donors (Lipinski definition) is 0. The Kier molecular flexibility index (Phi) is 9.40. The van der Waals surface area contributed by atoms with Gasteiger partial charge < -0.3 is 13.4 Å². The van der Waals surface area contributed by atoms with Crippen LogP contribution in [0, 0.1) is 0 Å². The van der Waals surface area contributed by atoms with Crippen LogP contribution in [0.2, 0.25) is 13.1 Å². The summed E-state index contributed by atoms with van der Waals surface area (Å²) in [6, 6.07) is 9.18. The molecule has 0 atom stereocenters. The lowest BCUT2D eigenvalue weighted by Crippen LogP contribution is -2.56. The second-order valence-corrected chi connectivity index (χ2v) is 7.04. The molecular formula is C14H27NO3Si2. The Morgan fingerprint density at radius 1 is 1.15 bits per heavy atom. The minimum absolute atomic E-state index is 0.0633. The van der Waals surface area contributed by atoms with E-state index >= 15 is 0 Å². The van der Waals surface area contributed by atoms with Crippen LogP contribution in [-0.2, 0) is 8.85 Å². The van der Waals surface area contributed by atoms with Crippen molar-refractivity contribution in [2.45, 2.75) is 26.9 Å². The van der Waals surface area contributed by atoms with Crippen molar-refractivity contribution in [3.8, 4) is 0 Å². The first kappa shape index (κ1) is 19.0. The van der Waals surface area contributed by atoms with E-state index in [-0.39, 0.29) is 5.91 Å².